The van der Waals surface area contributed by atoms with E-state index in [0.717, 1.165) is 4.90 Å². The minimum Gasteiger partial charge on any atom is -0.331 e. The zero-order valence-electron chi connectivity index (χ0n) is 5.73. The van der Waals surface area contributed by atoms with Crippen molar-refractivity contribution in [3.05, 3.63) is 0 Å². The van der Waals surface area contributed by atoms with Gasteiger partial charge >= 0.3 is 15.4 Å². The second-order valence-corrected chi connectivity index (χ2v) is 3.05. The average Bonchev–Trinajstić information content (AvgIpc) is 1.83. The molecule has 5 nitrogen and oxygen atoms in total. The van der Waals surface area contributed by atoms with E-state index in [-0.39, 0.29) is 6.54 Å². The second-order valence-electron chi connectivity index (χ2n) is 1.76. The molecule has 1 N–H and O–H groups in total. The number of amides is 1. The molecule has 60 valence electrons. The summed E-state index contributed by atoms with van der Waals surface area (Å²) in [5.41, 5.74) is 0. The van der Waals surface area contributed by atoms with Crippen molar-refractivity contribution >= 4 is 15.4 Å². The lowest BCUT2D eigenvalue weighted by molar-refractivity contribution is 0.230. The van der Waals surface area contributed by atoms with Gasteiger partial charge in [-0.15, -0.1) is 0 Å². The van der Waals surface area contributed by atoms with Crippen LogP contribution in [0, 0.1) is 0 Å². The Balaban J connectivity index is 4.40. The summed E-state index contributed by atoms with van der Waals surface area (Å²) in [5, 5.41) is -1.27. The highest BCUT2D eigenvalue weighted by Crippen LogP contribution is 1.93. The van der Waals surface area contributed by atoms with E-state index in [2.05, 4.69) is 0 Å². The van der Waals surface area contributed by atoms with Gasteiger partial charge in [-0.25, -0.2) is 0 Å². The molecule has 1 amide bonds. The first-order valence-corrected chi connectivity index (χ1v) is 4.06. The van der Waals surface area contributed by atoms with Crippen molar-refractivity contribution in [1.82, 2.24) is 4.90 Å². The Morgan fingerprint density at radius 3 is 2.10 bits per heavy atom. The van der Waals surface area contributed by atoms with Gasteiger partial charge in [-0.3, -0.25) is 9.35 Å². The molecule has 0 aliphatic heterocycles. The maximum absolute atomic E-state index is 10.5. The zero-order valence-corrected chi connectivity index (χ0v) is 6.55. The summed E-state index contributed by atoms with van der Waals surface area (Å²) in [7, 11) is -3.24. The zero-order chi connectivity index (χ0) is 8.36. The highest BCUT2D eigenvalue weighted by Gasteiger charge is 2.21. The van der Waals surface area contributed by atoms with Crippen LogP contribution < -0.4 is 0 Å². The van der Waals surface area contributed by atoms with Crippen LogP contribution in [0.2, 0.25) is 0 Å². The number of rotatable bonds is 1. The van der Waals surface area contributed by atoms with Gasteiger partial charge in [0.15, 0.2) is 0 Å². The molecule has 6 heteroatoms. The van der Waals surface area contributed by atoms with Gasteiger partial charge in [-0.1, -0.05) is 0 Å². The van der Waals surface area contributed by atoms with Gasteiger partial charge in [-0.05, 0) is 6.92 Å². The molecule has 0 atom stereocenters. The molecular formula is C4H9NO4S. The van der Waals surface area contributed by atoms with Crippen molar-refractivity contribution in [2.24, 2.45) is 0 Å². The summed E-state index contributed by atoms with van der Waals surface area (Å²) in [4.78, 5) is 11.4. The molecule has 10 heavy (non-hydrogen) atoms. The minimum absolute atomic E-state index is 0.249. The first-order chi connectivity index (χ1) is 4.39. The second kappa shape index (κ2) is 2.98. The number of carbonyl (C=O) groups is 1. The Morgan fingerprint density at radius 2 is 2.00 bits per heavy atom. The van der Waals surface area contributed by atoms with Crippen molar-refractivity contribution in [3.8, 4) is 0 Å². The predicted molar refractivity (Wildman–Crippen MR) is 35.2 cm³/mol. The highest BCUT2D eigenvalue weighted by molar-refractivity contribution is 8.01. The van der Waals surface area contributed by atoms with E-state index >= 15 is 0 Å². The molecule has 0 saturated heterocycles. The molecular weight excluding hydrogens is 158 g/mol. The first kappa shape index (κ1) is 9.38. The topological polar surface area (TPSA) is 74.7 Å². The summed E-state index contributed by atoms with van der Waals surface area (Å²) in [5.74, 6) is 0. The lowest BCUT2D eigenvalue weighted by Gasteiger charge is -2.10. The van der Waals surface area contributed by atoms with Crippen molar-refractivity contribution in [2.45, 2.75) is 6.92 Å². The third-order valence-electron chi connectivity index (χ3n) is 1.01. The van der Waals surface area contributed by atoms with E-state index < -0.39 is 15.4 Å². The van der Waals surface area contributed by atoms with Gasteiger partial charge in [0.25, 0.3) is 0 Å². The third-order valence-corrected chi connectivity index (χ3v) is 1.76. The van der Waals surface area contributed by atoms with Crippen LogP contribution >= 0.6 is 0 Å². The van der Waals surface area contributed by atoms with E-state index in [4.69, 9.17) is 4.55 Å². The molecule has 0 aromatic heterocycles. The summed E-state index contributed by atoms with van der Waals surface area (Å²) >= 11 is 0. The Bertz CT molecular complexity index is 219. The standard InChI is InChI=1S/C4H9NO4S/c1-3-5(2)4(6)10(7,8)9/h3H2,1-2H3,(H,7,8,9). The molecule has 0 saturated carbocycles. The third kappa shape index (κ3) is 2.32. The number of nitrogens with zero attached hydrogens (tertiary/aromatic N) is 1. The fourth-order valence-electron chi connectivity index (χ4n) is 0.326. The lowest BCUT2D eigenvalue weighted by atomic mass is 10.7. The highest BCUT2D eigenvalue weighted by atomic mass is 32.2. The van der Waals surface area contributed by atoms with Crippen molar-refractivity contribution < 1.29 is 17.8 Å². The number of hydrogen-bond donors (Lipinski definition) is 1. The Hall–Kier alpha value is -0.620. The van der Waals surface area contributed by atoms with Gasteiger partial charge in [0.05, 0.1) is 0 Å². The maximum atomic E-state index is 10.5. The molecule has 0 aromatic rings. The molecule has 0 spiro atoms. The Kier molecular flexibility index (Phi) is 2.79. The van der Waals surface area contributed by atoms with Gasteiger partial charge in [-0.2, -0.15) is 8.42 Å². The largest absolute Gasteiger partial charge is 0.365 e. The molecule has 0 rings (SSSR count). The molecule has 0 aliphatic rings. The van der Waals surface area contributed by atoms with E-state index in [0.29, 0.717) is 0 Å². The lowest BCUT2D eigenvalue weighted by Crippen LogP contribution is -2.31. The van der Waals surface area contributed by atoms with Crippen LogP contribution in [0.4, 0.5) is 4.79 Å². The predicted octanol–water partition coefficient (Wildman–Crippen LogP) is -0.0541. The van der Waals surface area contributed by atoms with Gasteiger partial charge < -0.3 is 4.90 Å². The minimum atomic E-state index is -4.53. The monoisotopic (exact) mass is 167 g/mol. The Labute approximate surface area is 59.4 Å². The maximum Gasteiger partial charge on any atom is 0.365 e. The Morgan fingerprint density at radius 1 is 1.60 bits per heavy atom. The fourth-order valence-corrected chi connectivity index (χ4v) is 0.849. The summed E-state index contributed by atoms with van der Waals surface area (Å²) in [6.45, 7) is 1.85. The van der Waals surface area contributed by atoms with E-state index in [1.165, 1.54) is 7.05 Å². The summed E-state index contributed by atoms with van der Waals surface area (Å²) in [6, 6.07) is 0. The van der Waals surface area contributed by atoms with Crippen LogP contribution in [0.3, 0.4) is 0 Å². The smallest absolute Gasteiger partial charge is 0.331 e. The fraction of sp³-hybridized carbons (Fsp3) is 0.750. The van der Waals surface area contributed by atoms with Crippen LogP contribution in [-0.2, 0) is 10.1 Å². The van der Waals surface area contributed by atoms with Gasteiger partial charge in [0.1, 0.15) is 0 Å². The average molecular weight is 167 g/mol. The number of hydrogen-bond acceptors (Lipinski definition) is 3. The SMILES string of the molecule is CCN(C)C(=O)S(=O)(=O)O. The van der Waals surface area contributed by atoms with Crippen molar-refractivity contribution in [2.75, 3.05) is 13.6 Å². The van der Waals surface area contributed by atoms with E-state index in [1.807, 2.05) is 0 Å². The van der Waals surface area contributed by atoms with Crippen molar-refractivity contribution in [1.29, 1.82) is 0 Å². The van der Waals surface area contributed by atoms with E-state index in [9.17, 15) is 13.2 Å². The molecule has 0 heterocycles. The first-order valence-electron chi connectivity index (χ1n) is 2.62. The summed E-state index contributed by atoms with van der Waals surface area (Å²) in [6.07, 6.45) is 0. The van der Waals surface area contributed by atoms with Crippen LogP contribution in [-0.4, -0.2) is 36.7 Å². The molecule has 0 aromatic carbocycles. The summed E-state index contributed by atoms with van der Waals surface area (Å²) < 4.78 is 28.4. The normalized spacial score (nSPS) is 11.1. The van der Waals surface area contributed by atoms with Gasteiger partial charge in [0, 0.05) is 13.6 Å². The van der Waals surface area contributed by atoms with Gasteiger partial charge in [0.2, 0.25) is 0 Å². The quantitative estimate of drug-likeness (QED) is 0.555. The number of carbonyl (C=O) groups excluding carboxylic acids is 1. The van der Waals surface area contributed by atoms with E-state index in [1.54, 1.807) is 6.92 Å². The molecule has 0 bridgehead atoms. The molecule has 0 aliphatic carbocycles. The van der Waals surface area contributed by atoms with Crippen LogP contribution in [0.5, 0.6) is 0 Å². The molecule has 0 unspecified atom stereocenters. The van der Waals surface area contributed by atoms with Crippen LogP contribution in [0.15, 0.2) is 0 Å². The molecule has 0 radical (unpaired) electrons. The van der Waals surface area contributed by atoms with Crippen molar-refractivity contribution in [3.63, 3.8) is 0 Å². The van der Waals surface area contributed by atoms with Crippen LogP contribution in [0.1, 0.15) is 6.92 Å². The van der Waals surface area contributed by atoms with Crippen LogP contribution in [0.25, 0.3) is 0 Å². The molecule has 0 fully saturated rings.